The van der Waals surface area contributed by atoms with Crippen LogP contribution in [0.1, 0.15) is 5.56 Å². The summed E-state index contributed by atoms with van der Waals surface area (Å²) in [6.07, 6.45) is 3.98. The van der Waals surface area contributed by atoms with E-state index in [4.69, 9.17) is 23.2 Å². The Labute approximate surface area is 115 Å². The number of imidazole rings is 1. The molecule has 0 unspecified atom stereocenters. The molecule has 2 aromatic heterocycles. The summed E-state index contributed by atoms with van der Waals surface area (Å²) < 4.78 is 1.99. The second kappa shape index (κ2) is 4.30. The number of halogens is 2. The lowest BCUT2D eigenvalue weighted by atomic mass is 10.2. The number of benzene rings is 1. The van der Waals surface area contributed by atoms with Crippen LogP contribution in [-0.4, -0.2) is 9.38 Å². The molecule has 0 spiro atoms. The van der Waals surface area contributed by atoms with E-state index in [1.54, 1.807) is 6.07 Å². The first-order chi connectivity index (χ1) is 8.63. The van der Waals surface area contributed by atoms with Crippen LogP contribution >= 0.6 is 23.2 Å². The Kier molecular flexibility index (Phi) is 2.77. The van der Waals surface area contributed by atoms with Crippen molar-refractivity contribution in [3.8, 4) is 11.3 Å². The molecule has 0 bridgehead atoms. The highest BCUT2D eigenvalue weighted by Gasteiger charge is 2.06. The normalized spacial score (nSPS) is 11.1. The number of pyridine rings is 1. The minimum atomic E-state index is 0.544. The van der Waals surface area contributed by atoms with Gasteiger partial charge in [-0.05, 0) is 36.8 Å². The Morgan fingerprint density at radius 2 is 1.89 bits per heavy atom. The smallest absolute Gasteiger partial charge is 0.137 e. The predicted octanol–water partition coefficient (Wildman–Crippen LogP) is 4.62. The average molecular weight is 277 g/mol. The van der Waals surface area contributed by atoms with Crippen molar-refractivity contribution >= 4 is 28.8 Å². The third-order valence-corrected chi connectivity index (χ3v) is 3.57. The van der Waals surface area contributed by atoms with Crippen molar-refractivity contribution in [3.05, 3.63) is 58.3 Å². The molecule has 0 aliphatic heterocycles. The van der Waals surface area contributed by atoms with Crippen LogP contribution in [0.5, 0.6) is 0 Å². The van der Waals surface area contributed by atoms with E-state index in [1.807, 2.05) is 48.0 Å². The minimum Gasteiger partial charge on any atom is -0.306 e. The van der Waals surface area contributed by atoms with Gasteiger partial charge in [-0.25, -0.2) is 4.98 Å². The maximum absolute atomic E-state index is 6.02. The van der Waals surface area contributed by atoms with Crippen molar-refractivity contribution in [1.29, 1.82) is 0 Å². The van der Waals surface area contributed by atoms with Crippen molar-refractivity contribution in [1.82, 2.24) is 9.38 Å². The van der Waals surface area contributed by atoms with Crippen LogP contribution in [0.15, 0.2) is 42.7 Å². The van der Waals surface area contributed by atoms with Crippen LogP contribution in [0.4, 0.5) is 0 Å². The van der Waals surface area contributed by atoms with E-state index in [0.717, 1.165) is 16.9 Å². The molecule has 4 heteroatoms. The predicted molar refractivity (Wildman–Crippen MR) is 75.4 cm³/mol. The summed E-state index contributed by atoms with van der Waals surface area (Å²) in [6, 6.07) is 9.63. The molecule has 0 aliphatic rings. The lowest BCUT2D eigenvalue weighted by molar-refractivity contribution is 1.17. The van der Waals surface area contributed by atoms with Crippen LogP contribution in [0, 0.1) is 6.92 Å². The number of rotatable bonds is 1. The molecule has 0 aliphatic carbocycles. The van der Waals surface area contributed by atoms with Crippen LogP contribution < -0.4 is 0 Å². The van der Waals surface area contributed by atoms with Crippen molar-refractivity contribution < 1.29 is 0 Å². The van der Waals surface area contributed by atoms with Gasteiger partial charge in [0.2, 0.25) is 0 Å². The van der Waals surface area contributed by atoms with E-state index < -0.39 is 0 Å². The molecule has 0 radical (unpaired) electrons. The van der Waals surface area contributed by atoms with Gasteiger partial charge in [0, 0.05) is 18.0 Å². The number of hydrogen-bond donors (Lipinski definition) is 0. The molecule has 18 heavy (non-hydrogen) atoms. The lowest BCUT2D eigenvalue weighted by Crippen LogP contribution is -1.81. The van der Waals surface area contributed by atoms with E-state index >= 15 is 0 Å². The zero-order valence-electron chi connectivity index (χ0n) is 9.69. The Balaban J connectivity index is 2.16. The monoisotopic (exact) mass is 276 g/mol. The molecule has 2 nitrogen and oxygen atoms in total. The van der Waals surface area contributed by atoms with Crippen molar-refractivity contribution in [2.24, 2.45) is 0 Å². The minimum absolute atomic E-state index is 0.544. The molecule has 0 saturated heterocycles. The van der Waals surface area contributed by atoms with E-state index in [1.165, 1.54) is 5.56 Å². The maximum atomic E-state index is 6.02. The summed E-state index contributed by atoms with van der Waals surface area (Å²) in [7, 11) is 0. The summed E-state index contributed by atoms with van der Waals surface area (Å²) in [5.74, 6) is 0. The topological polar surface area (TPSA) is 17.3 Å². The van der Waals surface area contributed by atoms with E-state index in [0.29, 0.717) is 10.0 Å². The van der Waals surface area contributed by atoms with Gasteiger partial charge in [-0.3, -0.25) is 0 Å². The van der Waals surface area contributed by atoms with Crippen LogP contribution in [-0.2, 0) is 0 Å². The first-order valence-electron chi connectivity index (χ1n) is 5.54. The lowest BCUT2D eigenvalue weighted by Gasteiger charge is -1.98. The van der Waals surface area contributed by atoms with Gasteiger partial charge in [0.1, 0.15) is 5.65 Å². The standard InChI is InChI=1S/C14H10Cl2N2/c1-9-4-5-18-8-13(17-14(18)6-9)10-2-3-11(15)12(16)7-10/h2-8H,1H3. The van der Waals surface area contributed by atoms with Gasteiger partial charge >= 0.3 is 0 Å². The molecule has 0 atom stereocenters. The molecule has 0 N–H and O–H groups in total. The number of nitrogens with zero attached hydrogens (tertiary/aromatic N) is 2. The summed E-state index contributed by atoms with van der Waals surface area (Å²) in [5.41, 5.74) is 3.97. The number of aryl methyl sites for hydroxylation is 1. The van der Waals surface area contributed by atoms with Crippen molar-refractivity contribution in [2.45, 2.75) is 6.92 Å². The summed E-state index contributed by atoms with van der Waals surface area (Å²) >= 11 is 11.9. The Morgan fingerprint density at radius 1 is 1.06 bits per heavy atom. The van der Waals surface area contributed by atoms with Gasteiger partial charge < -0.3 is 4.40 Å². The highest BCUT2D eigenvalue weighted by molar-refractivity contribution is 6.42. The van der Waals surface area contributed by atoms with Crippen molar-refractivity contribution in [2.75, 3.05) is 0 Å². The van der Waals surface area contributed by atoms with Gasteiger partial charge in [-0.15, -0.1) is 0 Å². The zero-order chi connectivity index (χ0) is 12.7. The maximum Gasteiger partial charge on any atom is 0.137 e. The Bertz CT molecular complexity index is 732. The molecule has 3 rings (SSSR count). The zero-order valence-corrected chi connectivity index (χ0v) is 11.2. The molecular weight excluding hydrogens is 267 g/mol. The third-order valence-electron chi connectivity index (χ3n) is 2.83. The molecule has 2 heterocycles. The number of aromatic nitrogens is 2. The molecule has 3 aromatic rings. The first-order valence-corrected chi connectivity index (χ1v) is 6.30. The number of fused-ring (bicyclic) bond motifs is 1. The van der Waals surface area contributed by atoms with Crippen molar-refractivity contribution in [3.63, 3.8) is 0 Å². The molecule has 0 amide bonds. The fourth-order valence-corrected chi connectivity index (χ4v) is 2.18. The quantitative estimate of drug-likeness (QED) is 0.634. The highest BCUT2D eigenvalue weighted by atomic mass is 35.5. The Hall–Kier alpha value is -1.51. The van der Waals surface area contributed by atoms with Crippen LogP contribution in [0.3, 0.4) is 0 Å². The molecule has 0 saturated carbocycles. The van der Waals surface area contributed by atoms with Gasteiger partial charge in [-0.1, -0.05) is 29.3 Å². The summed E-state index contributed by atoms with van der Waals surface area (Å²) in [4.78, 5) is 4.58. The highest BCUT2D eigenvalue weighted by Crippen LogP contribution is 2.28. The fourth-order valence-electron chi connectivity index (χ4n) is 1.88. The van der Waals surface area contributed by atoms with Crippen LogP contribution in [0.2, 0.25) is 10.0 Å². The van der Waals surface area contributed by atoms with Gasteiger partial charge in [0.25, 0.3) is 0 Å². The van der Waals surface area contributed by atoms with Gasteiger partial charge in [0.05, 0.1) is 15.7 Å². The fraction of sp³-hybridized carbons (Fsp3) is 0.0714. The van der Waals surface area contributed by atoms with E-state index in [-0.39, 0.29) is 0 Å². The van der Waals surface area contributed by atoms with E-state index in [2.05, 4.69) is 4.98 Å². The second-order valence-electron chi connectivity index (χ2n) is 4.22. The van der Waals surface area contributed by atoms with Crippen LogP contribution in [0.25, 0.3) is 16.9 Å². The summed E-state index contributed by atoms with van der Waals surface area (Å²) in [5, 5.41) is 1.10. The molecule has 1 aromatic carbocycles. The SMILES string of the molecule is Cc1ccn2cc(-c3ccc(Cl)c(Cl)c3)nc2c1. The van der Waals surface area contributed by atoms with Gasteiger partial charge in [-0.2, -0.15) is 0 Å². The van der Waals surface area contributed by atoms with Gasteiger partial charge in [0.15, 0.2) is 0 Å². The molecular formula is C14H10Cl2N2. The molecule has 0 fully saturated rings. The van der Waals surface area contributed by atoms with E-state index in [9.17, 15) is 0 Å². The third kappa shape index (κ3) is 1.98. The number of hydrogen-bond acceptors (Lipinski definition) is 1. The average Bonchev–Trinajstić information content (AvgIpc) is 2.75. The molecule has 90 valence electrons. The second-order valence-corrected chi connectivity index (χ2v) is 5.04. The summed E-state index contributed by atoms with van der Waals surface area (Å²) in [6.45, 7) is 2.05. The Morgan fingerprint density at radius 3 is 2.67 bits per heavy atom. The first kappa shape index (κ1) is 11.6. The largest absolute Gasteiger partial charge is 0.306 e.